The molecular formula is C16H14ClNO3S. The molecule has 0 aliphatic rings. The summed E-state index contributed by atoms with van der Waals surface area (Å²) in [7, 11) is 0. The Hall–Kier alpha value is -1.98. The molecule has 0 heterocycles. The number of hydrogen-bond acceptors (Lipinski definition) is 3. The van der Waals surface area contributed by atoms with Crippen molar-refractivity contribution in [2.75, 3.05) is 11.1 Å². The number of thioether (sulfide) groups is 1. The van der Waals surface area contributed by atoms with Crippen molar-refractivity contribution in [3.63, 3.8) is 0 Å². The van der Waals surface area contributed by atoms with Crippen LogP contribution < -0.4 is 5.32 Å². The lowest BCUT2D eigenvalue weighted by Crippen LogP contribution is -2.14. The molecule has 0 aliphatic carbocycles. The molecule has 6 heteroatoms. The van der Waals surface area contributed by atoms with Crippen LogP contribution in [-0.2, 0) is 10.5 Å². The fourth-order valence-corrected chi connectivity index (χ4v) is 2.69. The Morgan fingerprint density at radius 1 is 1.14 bits per heavy atom. The molecule has 2 rings (SSSR count). The lowest BCUT2D eigenvalue weighted by molar-refractivity contribution is -0.113. The Labute approximate surface area is 137 Å². The lowest BCUT2D eigenvalue weighted by Gasteiger charge is -2.06. The number of carboxylic acids is 1. The monoisotopic (exact) mass is 335 g/mol. The van der Waals surface area contributed by atoms with Gasteiger partial charge >= 0.3 is 5.97 Å². The van der Waals surface area contributed by atoms with Gasteiger partial charge in [-0.15, -0.1) is 11.8 Å². The van der Waals surface area contributed by atoms with E-state index in [4.69, 9.17) is 16.7 Å². The SMILES string of the molecule is O=C(CSCc1cccc(C(=O)O)c1)Nc1ccc(Cl)cc1. The van der Waals surface area contributed by atoms with E-state index in [2.05, 4.69) is 5.32 Å². The van der Waals surface area contributed by atoms with Crippen molar-refractivity contribution in [1.82, 2.24) is 0 Å². The first-order valence-corrected chi connectivity index (χ1v) is 8.03. The normalized spacial score (nSPS) is 10.2. The van der Waals surface area contributed by atoms with Gasteiger partial charge in [-0.2, -0.15) is 0 Å². The minimum Gasteiger partial charge on any atom is -0.478 e. The van der Waals surface area contributed by atoms with Gasteiger partial charge in [-0.3, -0.25) is 4.79 Å². The van der Waals surface area contributed by atoms with Gasteiger partial charge in [0.2, 0.25) is 5.91 Å². The maximum absolute atomic E-state index is 11.8. The van der Waals surface area contributed by atoms with Crippen molar-refractivity contribution in [3.8, 4) is 0 Å². The van der Waals surface area contributed by atoms with E-state index in [9.17, 15) is 9.59 Å². The number of amides is 1. The molecule has 0 atom stereocenters. The average Bonchev–Trinajstić information content (AvgIpc) is 2.50. The largest absolute Gasteiger partial charge is 0.478 e. The van der Waals surface area contributed by atoms with Crippen molar-refractivity contribution in [2.24, 2.45) is 0 Å². The molecule has 4 nitrogen and oxygen atoms in total. The molecule has 2 aromatic rings. The predicted molar refractivity (Wildman–Crippen MR) is 89.6 cm³/mol. The Bertz CT molecular complexity index is 673. The van der Waals surface area contributed by atoms with Crippen LogP contribution in [0.2, 0.25) is 5.02 Å². The molecule has 0 aromatic heterocycles. The molecule has 0 fully saturated rings. The smallest absolute Gasteiger partial charge is 0.335 e. The van der Waals surface area contributed by atoms with Gasteiger partial charge in [0.05, 0.1) is 11.3 Å². The summed E-state index contributed by atoms with van der Waals surface area (Å²) in [4.78, 5) is 22.7. The summed E-state index contributed by atoms with van der Waals surface area (Å²) in [5.41, 5.74) is 1.83. The highest BCUT2D eigenvalue weighted by Crippen LogP contribution is 2.16. The van der Waals surface area contributed by atoms with Crippen LogP contribution in [0.15, 0.2) is 48.5 Å². The summed E-state index contributed by atoms with van der Waals surface area (Å²) in [5, 5.41) is 12.3. The molecule has 0 saturated carbocycles. The summed E-state index contributed by atoms with van der Waals surface area (Å²) in [6.45, 7) is 0. The van der Waals surface area contributed by atoms with E-state index < -0.39 is 5.97 Å². The van der Waals surface area contributed by atoms with Crippen LogP contribution in [0.1, 0.15) is 15.9 Å². The first-order valence-electron chi connectivity index (χ1n) is 6.50. The number of carboxylic acid groups (broad SMARTS) is 1. The van der Waals surface area contributed by atoms with E-state index in [1.807, 2.05) is 6.07 Å². The summed E-state index contributed by atoms with van der Waals surface area (Å²) >= 11 is 7.20. The Balaban J connectivity index is 1.80. The maximum atomic E-state index is 11.8. The van der Waals surface area contributed by atoms with Crippen LogP contribution in [0.5, 0.6) is 0 Å². The lowest BCUT2D eigenvalue weighted by atomic mass is 10.1. The van der Waals surface area contributed by atoms with Gasteiger partial charge in [0.15, 0.2) is 0 Å². The second kappa shape index (κ2) is 7.87. The number of carbonyl (C=O) groups excluding carboxylic acids is 1. The second-order valence-corrected chi connectivity index (χ2v) is 5.98. The maximum Gasteiger partial charge on any atom is 0.335 e. The molecule has 0 saturated heterocycles. The average molecular weight is 336 g/mol. The number of nitrogens with one attached hydrogen (secondary N) is 1. The molecule has 0 unspecified atom stereocenters. The van der Waals surface area contributed by atoms with E-state index in [0.717, 1.165) is 5.56 Å². The summed E-state index contributed by atoms with van der Waals surface area (Å²) in [6, 6.07) is 13.6. The highest BCUT2D eigenvalue weighted by Gasteiger charge is 2.05. The highest BCUT2D eigenvalue weighted by molar-refractivity contribution is 7.99. The quantitative estimate of drug-likeness (QED) is 0.840. The third kappa shape index (κ3) is 5.09. The van der Waals surface area contributed by atoms with Gasteiger partial charge in [0.25, 0.3) is 0 Å². The van der Waals surface area contributed by atoms with E-state index in [-0.39, 0.29) is 11.5 Å². The van der Waals surface area contributed by atoms with Crippen LogP contribution in [0.4, 0.5) is 5.69 Å². The zero-order valence-corrected chi connectivity index (χ0v) is 13.2. The number of rotatable bonds is 6. The number of anilines is 1. The summed E-state index contributed by atoms with van der Waals surface area (Å²) < 4.78 is 0. The third-order valence-corrected chi connectivity index (χ3v) is 4.06. The minimum atomic E-state index is -0.952. The van der Waals surface area contributed by atoms with Gasteiger partial charge in [-0.25, -0.2) is 4.79 Å². The standard InChI is InChI=1S/C16H14ClNO3S/c17-13-4-6-14(7-5-13)18-15(19)10-22-9-11-2-1-3-12(8-11)16(20)21/h1-8H,9-10H2,(H,18,19)(H,20,21). The van der Waals surface area contributed by atoms with Gasteiger partial charge in [0, 0.05) is 16.5 Å². The number of benzene rings is 2. The van der Waals surface area contributed by atoms with Crippen LogP contribution in [0, 0.1) is 0 Å². The molecule has 22 heavy (non-hydrogen) atoms. The van der Waals surface area contributed by atoms with Crippen LogP contribution in [-0.4, -0.2) is 22.7 Å². The third-order valence-electron chi connectivity index (χ3n) is 2.80. The predicted octanol–water partition coefficient (Wildman–Crippen LogP) is 3.91. The topological polar surface area (TPSA) is 66.4 Å². The summed E-state index contributed by atoms with van der Waals surface area (Å²) in [5.74, 6) is -0.191. The number of aromatic carboxylic acids is 1. The van der Waals surface area contributed by atoms with Gasteiger partial charge in [-0.1, -0.05) is 23.7 Å². The number of carbonyl (C=O) groups is 2. The first kappa shape index (κ1) is 16.4. The van der Waals surface area contributed by atoms with Crippen molar-refractivity contribution < 1.29 is 14.7 Å². The fraction of sp³-hybridized carbons (Fsp3) is 0.125. The number of hydrogen-bond donors (Lipinski definition) is 2. The zero-order valence-electron chi connectivity index (χ0n) is 11.6. The van der Waals surface area contributed by atoms with E-state index in [1.165, 1.54) is 11.8 Å². The van der Waals surface area contributed by atoms with Crippen LogP contribution >= 0.6 is 23.4 Å². The minimum absolute atomic E-state index is 0.110. The van der Waals surface area contributed by atoms with Crippen LogP contribution in [0.3, 0.4) is 0 Å². The Morgan fingerprint density at radius 3 is 2.55 bits per heavy atom. The highest BCUT2D eigenvalue weighted by atomic mass is 35.5. The zero-order chi connectivity index (χ0) is 15.9. The molecule has 0 aliphatic heterocycles. The molecule has 0 radical (unpaired) electrons. The molecular weight excluding hydrogens is 322 g/mol. The number of halogens is 1. The molecule has 0 bridgehead atoms. The van der Waals surface area contributed by atoms with Crippen molar-refractivity contribution in [2.45, 2.75) is 5.75 Å². The molecule has 0 spiro atoms. The Kier molecular flexibility index (Phi) is 5.86. The molecule has 114 valence electrons. The molecule has 2 aromatic carbocycles. The van der Waals surface area contributed by atoms with E-state index in [1.54, 1.807) is 42.5 Å². The van der Waals surface area contributed by atoms with Crippen molar-refractivity contribution in [1.29, 1.82) is 0 Å². The van der Waals surface area contributed by atoms with Crippen molar-refractivity contribution in [3.05, 3.63) is 64.7 Å². The summed E-state index contributed by atoms with van der Waals surface area (Å²) in [6.07, 6.45) is 0. The van der Waals surface area contributed by atoms with Crippen molar-refractivity contribution >= 4 is 40.9 Å². The van der Waals surface area contributed by atoms with E-state index >= 15 is 0 Å². The molecule has 1 amide bonds. The van der Waals surface area contributed by atoms with Gasteiger partial charge in [-0.05, 0) is 42.0 Å². The van der Waals surface area contributed by atoms with E-state index in [0.29, 0.717) is 22.2 Å². The Morgan fingerprint density at radius 2 is 1.86 bits per heavy atom. The van der Waals surface area contributed by atoms with Crippen LogP contribution in [0.25, 0.3) is 0 Å². The fourth-order valence-electron chi connectivity index (χ4n) is 1.79. The first-order chi connectivity index (χ1) is 10.5. The second-order valence-electron chi connectivity index (χ2n) is 4.55. The van der Waals surface area contributed by atoms with Gasteiger partial charge in [0.1, 0.15) is 0 Å². The molecule has 2 N–H and O–H groups in total. The van der Waals surface area contributed by atoms with Gasteiger partial charge < -0.3 is 10.4 Å².